The van der Waals surface area contributed by atoms with Crippen molar-refractivity contribution < 1.29 is 14.6 Å². The minimum atomic E-state index is -0.618. The molecule has 0 radical (unpaired) electrons. The Hall–Kier alpha value is -1.11. The third kappa shape index (κ3) is 6.36. The van der Waals surface area contributed by atoms with Gasteiger partial charge in [-0.2, -0.15) is 0 Å². The molecule has 0 spiro atoms. The Balaban J connectivity index is 2.22. The van der Waals surface area contributed by atoms with E-state index in [0.29, 0.717) is 25.3 Å². The normalized spacial score (nSPS) is 12.0. The van der Waals surface area contributed by atoms with E-state index in [1.54, 1.807) is 7.05 Å². The molecule has 1 rings (SSSR count). The van der Waals surface area contributed by atoms with Crippen LogP contribution in [0.3, 0.4) is 0 Å². The van der Waals surface area contributed by atoms with Crippen LogP contribution in [0.1, 0.15) is 12.0 Å². The zero-order valence-electron chi connectivity index (χ0n) is 11.8. The molecule has 1 aromatic carbocycles. The summed E-state index contributed by atoms with van der Waals surface area (Å²) < 4.78 is 6.41. The van der Waals surface area contributed by atoms with Crippen LogP contribution in [0.2, 0.25) is 0 Å². The van der Waals surface area contributed by atoms with Gasteiger partial charge in [-0.15, -0.1) is 0 Å². The lowest BCUT2D eigenvalue weighted by Gasteiger charge is -2.14. The topological polar surface area (TPSA) is 70.6 Å². The summed E-state index contributed by atoms with van der Waals surface area (Å²) in [4.78, 5) is 11.0. The zero-order valence-corrected chi connectivity index (χ0v) is 13.4. The molecule has 1 unspecified atom stereocenters. The fourth-order valence-electron chi connectivity index (χ4n) is 1.56. The first-order chi connectivity index (χ1) is 9.52. The Morgan fingerprint density at radius 3 is 2.90 bits per heavy atom. The molecule has 5 nitrogen and oxygen atoms in total. The number of halogens is 1. The maximum absolute atomic E-state index is 11.0. The molecule has 0 saturated heterocycles. The lowest BCUT2D eigenvalue weighted by atomic mass is 10.2. The van der Waals surface area contributed by atoms with Crippen molar-refractivity contribution in [2.24, 2.45) is 0 Å². The van der Waals surface area contributed by atoms with Crippen LogP contribution >= 0.6 is 15.9 Å². The van der Waals surface area contributed by atoms with Gasteiger partial charge >= 0.3 is 0 Å². The van der Waals surface area contributed by atoms with Crippen LogP contribution in [0.5, 0.6) is 5.75 Å². The Kier molecular flexibility index (Phi) is 7.58. The van der Waals surface area contributed by atoms with Crippen molar-refractivity contribution in [1.29, 1.82) is 0 Å². The number of nitrogens with one attached hydrogen (secondary N) is 2. The van der Waals surface area contributed by atoms with Gasteiger partial charge in [0.05, 0.1) is 4.47 Å². The van der Waals surface area contributed by atoms with E-state index in [2.05, 4.69) is 26.6 Å². The van der Waals surface area contributed by atoms with Crippen LogP contribution < -0.4 is 15.4 Å². The quantitative estimate of drug-likeness (QED) is 0.620. The summed E-state index contributed by atoms with van der Waals surface area (Å²) in [7, 11) is 1.60. The van der Waals surface area contributed by atoms with E-state index in [1.165, 1.54) is 0 Å². The number of hydrogen-bond acceptors (Lipinski definition) is 4. The van der Waals surface area contributed by atoms with Crippen LogP contribution in [-0.4, -0.2) is 43.9 Å². The summed E-state index contributed by atoms with van der Waals surface area (Å²) in [5.41, 5.74) is 1.14. The SMILES string of the molecule is CNC(=O)CCNCC(O)COc1ccc(C)cc1Br. The van der Waals surface area contributed by atoms with Crippen LogP contribution in [0.15, 0.2) is 22.7 Å². The molecule has 0 aromatic heterocycles. The molecule has 1 atom stereocenters. The molecule has 0 aliphatic rings. The molecule has 3 N–H and O–H groups in total. The molecular weight excluding hydrogens is 324 g/mol. The van der Waals surface area contributed by atoms with Gasteiger partial charge in [-0.3, -0.25) is 4.79 Å². The smallest absolute Gasteiger partial charge is 0.221 e. The highest BCUT2D eigenvalue weighted by Gasteiger charge is 2.07. The average Bonchev–Trinajstić information content (AvgIpc) is 2.42. The van der Waals surface area contributed by atoms with Crippen LogP contribution in [-0.2, 0) is 4.79 Å². The highest BCUT2D eigenvalue weighted by Crippen LogP contribution is 2.25. The second-order valence-corrected chi connectivity index (χ2v) is 5.38. The highest BCUT2D eigenvalue weighted by molar-refractivity contribution is 9.10. The monoisotopic (exact) mass is 344 g/mol. The van der Waals surface area contributed by atoms with Crippen molar-refractivity contribution in [2.75, 3.05) is 26.7 Å². The molecule has 6 heteroatoms. The lowest BCUT2D eigenvalue weighted by molar-refractivity contribution is -0.120. The summed E-state index contributed by atoms with van der Waals surface area (Å²) >= 11 is 3.42. The third-order valence-corrected chi connectivity index (χ3v) is 3.33. The third-order valence-electron chi connectivity index (χ3n) is 2.71. The summed E-state index contributed by atoms with van der Waals surface area (Å²) in [6.07, 6.45) is -0.221. The maximum Gasteiger partial charge on any atom is 0.221 e. The van der Waals surface area contributed by atoms with Crippen LogP contribution in [0.4, 0.5) is 0 Å². The zero-order chi connectivity index (χ0) is 15.0. The molecule has 0 saturated carbocycles. The largest absolute Gasteiger partial charge is 0.490 e. The average molecular weight is 345 g/mol. The first kappa shape index (κ1) is 16.9. The van der Waals surface area contributed by atoms with Crippen molar-refractivity contribution in [1.82, 2.24) is 10.6 Å². The summed E-state index contributed by atoms with van der Waals surface area (Å²) in [6, 6.07) is 5.78. The number of hydrogen-bond donors (Lipinski definition) is 3. The van der Waals surface area contributed by atoms with E-state index in [4.69, 9.17) is 4.74 Å². The predicted octanol–water partition coefficient (Wildman–Crippen LogP) is 1.22. The maximum atomic E-state index is 11.0. The standard InChI is InChI=1S/C14H21BrN2O3/c1-10-3-4-13(12(15)7-10)20-9-11(18)8-17-6-5-14(19)16-2/h3-4,7,11,17-18H,5-6,8-9H2,1-2H3,(H,16,19). The number of ether oxygens (including phenoxy) is 1. The van der Waals surface area contributed by atoms with E-state index in [1.807, 2.05) is 25.1 Å². The fourth-order valence-corrected chi connectivity index (χ4v) is 2.17. The number of aryl methyl sites for hydroxylation is 1. The van der Waals surface area contributed by atoms with Crippen molar-refractivity contribution in [3.8, 4) is 5.75 Å². The molecule has 0 bridgehead atoms. The van der Waals surface area contributed by atoms with E-state index in [9.17, 15) is 9.90 Å². The van der Waals surface area contributed by atoms with Crippen molar-refractivity contribution in [2.45, 2.75) is 19.4 Å². The van der Waals surface area contributed by atoms with Gasteiger partial charge < -0.3 is 20.5 Å². The first-order valence-corrected chi connectivity index (χ1v) is 7.30. The van der Waals surface area contributed by atoms with Gasteiger partial charge in [0.25, 0.3) is 0 Å². The van der Waals surface area contributed by atoms with Crippen molar-refractivity contribution >= 4 is 21.8 Å². The van der Waals surface area contributed by atoms with Gasteiger partial charge in [0.15, 0.2) is 0 Å². The molecule has 1 amide bonds. The van der Waals surface area contributed by atoms with E-state index < -0.39 is 6.10 Å². The second-order valence-electron chi connectivity index (χ2n) is 4.53. The van der Waals surface area contributed by atoms with Crippen LogP contribution in [0, 0.1) is 6.92 Å². The van der Waals surface area contributed by atoms with Crippen molar-refractivity contribution in [3.05, 3.63) is 28.2 Å². The molecular formula is C14H21BrN2O3. The number of aliphatic hydroxyl groups excluding tert-OH is 1. The first-order valence-electron chi connectivity index (χ1n) is 6.51. The molecule has 20 heavy (non-hydrogen) atoms. The van der Waals surface area contributed by atoms with Gasteiger partial charge in [0, 0.05) is 26.6 Å². The molecule has 0 heterocycles. The molecule has 1 aromatic rings. The Morgan fingerprint density at radius 2 is 2.25 bits per heavy atom. The second kappa shape index (κ2) is 8.94. The molecule has 0 aliphatic heterocycles. The van der Waals surface area contributed by atoms with Gasteiger partial charge in [-0.05, 0) is 40.5 Å². The molecule has 0 fully saturated rings. The van der Waals surface area contributed by atoms with E-state index in [-0.39, 0.29) is 12.5 Å². The summed E-state index contributed by atoms with van der Waals surface area (Å²) in [5, 5.41) is 15.3. The highest BCUT2D eigenvalue weighted by atomic mass is 79.9. The Morgan fingerprint density at radius 1 is 1.50 bits per heavy atom. The number of rotatable bonds is 8. The van der Waals surface area contributed by atoms with Gasteiger partial charge in [-0.25, -0.2) is 0 Å². The number of aliphatic hydroxyl groups is 1. The Bertz CT molecular complexity index is 440. The van der Waals surface area contributed by atoms with E-state index in [0.717, 1.165) is 10.0 Å². The summed E-state index contributed by atoms with van der Waals surface area (Å²) in [5.74, 6) is 0.687. The summed E-state index contributed by atoms with van der Waals surface area (Å²) in [6.45, 7) is 3.12. The molecule has 0 aliphatic carbocycles. The van der Waals surface area contributed by atoms with E-state index >= 15 is 0 Å². The van der Waals surface area contributed by atoms with Crippen LogP contribution in [0.25, 0.3) is 0 Å². The minimum Gasteiger partial charge on any atom is -0.490 e. The number of benzene rings is 1. The number of amides is 1. The van der Waals surface area contributed by atoms with Gasteiger partial charge in [0.1, 0.15) is 18.5 Å². The lowest BCUT2D eigenvalue weighted by Crippen LogP contribution is -2.33. The van der Waals surface area contributed by atoms with Crippen molar-refractivity contribution in [3.63, 3.8) is 0 Å². The predicted molar refractivity (Wildman–Crippen MR) is 81.9 cm³/mol. The van der Waals surface area contributed by atoms with Gasteiger partial charge in [-0.1, -0.05) is 6.07 Å². The molecule has 112 valence electrons. The fraction of sp³-hybridized carbons (Fsp3) is 0.500. The number of carbonyl (C=O) groups excluding carboxylic acids is 1. The number of carbonyl (C=O) groups is 1. The minimum absolute atomic E-state index is 0.0215. The Labute approximate surface area is 127 Å². The van der Waals surface area contributed by atoms with Gasteiger partial charge in [0.2, 0.25) is 5.91 Å².